The summed E-state index contributed by atoms with van der Waals surface area (Å²) in [7, 11) is 1.70. The summed E-state index contributed by atoms with van der Waals surface area (Å²) < 4.78 is 13.7. The van der Waals surface area contributed by atoms with Crippen molar-refractivity contribution in [2.75, 3.05) is 26.7 Å². The molecule has 29 heavy (non-hydrogen) atoms. The Bertz CT molecular complexity index is 802. The Hall–Kier alpha value is -1.83. The number of methoxy groups -OCH3 is 1. The lowest BCUT2D eigenvalue weighted by atomic mass is 9.95. The van der Waals surface area contributed by atoms with Gasteiger partial charge in [0.1, 0.15) is 11.6 Å². The molecule has 7 nitrogen and oxygen atoms in total. The zero-order valence-corrected chi connectivity index (χ0v) is 18.4. The van der Waals surface area contributed by atoms with E-state index in [0.29, 0.717) is 5.92 Å². The van der Waals surface area contributed by atoms with Crippen LogP contribution in [0, 0.1) is 0 Å². The number of fused-ring (bicyclic) bond motifs is 1. The van der Waals surface area contributed by atoms with Gasteiger partial charge < -0.3 is 19.4 Å². The van der Waals surface area contributed by atoms with E-state index in [1.165, 1.54) is 11.4 Å². The first-order valence-corrected chi connectivity index (χ1v) is 10.3. The van der Waals surface area contributed by atoms with E-state index in [2.05, 4.69) is 37.1 Å². The van der Waals surface area contributed by atoms with Gasteiger partial charge in [-0.25, -0.2) is 0 Å². The quantitative estimate of drug-likeness (QED) is 0.773. The summed E-state index contributed by atoms with van der Waals surface area (Å²) in [6.45, 7) is 9.99. The third-order valence-corrected chi connectivity index (χ3v) is 5.60. The summed E-state index contributed by atoms with van der Waals surface area (Å²) in [6.07, 6.45) is 2.41. The number of aromatic nitrogens is 3. The molecule has 0 saturated carbocycles. The van der Waals surface area contributed by atoms with E-state index in [-0.39, 0.29) is 18.5 Å². The van der Waals surface area contributed by atoms with Crippen LogP contribution in [0.2, 0.25) is 0 Å². The average molecular weight is 422 g/mol. The molecule has 0 unspecified atom stereocenters. The largest absolute Gasteiger partial charge is 0.493 e. The minimum atomic E-state index is 0. The molecule has 160 valence electrons. The van der Waals surface area contributed by atoms with Gasteiger partial charge in [-0.3, -0.25) is 4.90 Å². The standard InChI is InChI=1S/C21H31N5O2.ClH/c1-15(2)28-18-5-4-16(12-19(18)27-3)14-25-9-6-17(7-10-25)21-24-23-20-13-22-8-11-26(20)21;/h4-5,12,15,17,22H,6-11,13-14H2,1-3H3;1H. The summed E-state index contributed by atoms with van der Waals surface area (Å²) in [6, 6.07) is 6.28. The summed E-state index contributed by atoms with van der Waals surface area (Å²) in [5.41, 5.74) is 1.26. The van der Waals surface area contributed by atoms with Crippen LogP contribution in [0.5, 0.6) is 11.5 Å². The van der Waals surface area contributed by atoms with E-state index in [1.807, 2.05) is 19.9 Å². The number of ether oxygens (including phenoxy) is 2. The van der Waals surface area contributed by atoms with E-state index in [0.717, 1.165) is 69.4 Å². The predicted molar refractivity (Wildman–Crippen MR) is 115 cm³/mol. The SMILES string of the molecule is COc1cc(CN2CCC(c3nnc4n3CCNC4)CC2)ccc1OC(C)C.Cl. The molecule has 0 bridgehead atoms. The zero-order valence-electron chi connectivity index (χ0n) is 17.6. The van der Waals surface area contributed by atoms with Crippen molar-refractivity contribution in [3.05, 3.63) is 35.4 Å². The molecule has 8 heteroatoms. The molecular formula is C21H32ClN5O2. The lowest BCUT2D eigenvalue weighted by molar-refractivity contribution is 0.198. The first-order chi connectivity index (χ1) is 13.6. The Morgan fingerprint density at radius 1 is 1.14 bits per heavy atom. The van der Waals surface area contributed by atoms with Gasteiger partial charge >= 0.3 is 0 Å². The fourth-order valence-electron chi connectivity index (χ4n) is 4.19. The maximum atomic E-state index is 5.82. The van der Waals surface area contributed by atoms with E-state index >= 15 is 0 Å². The van der Waals surface area contributed by atoms with Crippen molar-refractivity contribution >= 4 is 12.4 Å². The molecule has 2 aromatic rings. The summed E-state index contributed by atoms with van der Waals surface area (Å²) in [5, 5.41) is 12.3. The Morgan fingerprint density at radius 3 is 2.66 bits per heavy atom. The van der Waals surface area contributed by atoms with E-state index in [1.54, 1.807) is 7.11 Å². The number of hydrogen-bond acceptors (Lipinski definition) is 6. The molecule has 0 spiro atoms. The fraction of sp³-hybridized carbons (Fsp3) is 0.619. The van der Waals surface area contributed by atoms with Gasteiger partial charge in [-0.1, -0.05) is 6.07 Å². The van der Waals surface area contributed by atoms with E-state index in [4.69, 9.17) is 9.47 Å². The Kier molecular flexibility index (Phi) is 7.38. The molecule has 0 amide bonds. The maximum Gasteiger partial charge on any atom is 0.161 e. The smallest absolute Gasteiger partial charge is 0.161 e. The molecule has 0 aliphatic carbocycles. The van der Waals surface area contributed by atoms with Gasteiger partial charge in [-0.05, 0) is 57.5 Å². The average Bonchev–Trinajstić information content (AvgIpc) is 3.13. The Balaban J connectivity index is 0.00000240. The molecule has 0 radical (unpaired) electrons. The number of piperidine rings is 1. The number of hydrogen-bond donors (Lipinski definition) is 1. The third-order valence-electron chi connectivity index (χ3n) is 5.60. The normalized spacial score (nSPS) is 17.7. The molecule has 0 atom stereocenters. The lowest BCUT2D eigenvalue weighted by Crippen LogP contribution is -2.34. The second-order valence-corrected chi connectivity index (χ2v) is 8.01. The van der Waals surface area contributed by atoms with Crippen LogP contribution >= 0.6 is 12.4 Å². The molecule has 3 heterocycles. The number of rotatable bonds is 6. The highest BCUT2D eigenvalue weighted by Crippen LogP contribution is 2.31. The van der Waals surface area contributed by atoms with Crippen molar-refractivity contribution in [2.24, 2.45) is 0 Å². The first-order valence-electron chi connectivity index (χ1n) is 10.3. The summed E-state index contributed by atoms with van der Waals surface area (Å²) in [4.78, 5) is 2.52. The Morgan fingerprint density at radius 2 is 1.93 bits per heavy atom. The van der Waals surface area contributed by atoms with Crippen molar-refractivity contribution in [3.8, 4) is 11.5 Å². The molecule has 4 rings (SSSR count). The van der Waals surface area contributed by atoms with Crippen LogP contribution in [-0.2, 0) is 19.6 Å². The van der Waals surface area contributed by atoms with Gasteiger partial charge in [0.15, 0.2) is 11.5 Å². The molecule has 1 fully saturated rings. The molecule has 2 aliphatic heterocycles. The van der Waals surface area contributed by atoms with Crippen molar-refractivity contribution < 1.29 is 9.47 Å². The molecule has 2 aliphatic rings. The van der Waals surface area contributed by atoms with E-state index < -0.39 is 0 Å². The van der Waals surface area contributed by atoms with Crippen LogP contribution in [0.25, 0.3) is 0 Å². The van der Waals surface area contributed by atoms with Crippen LogP contribution in [0.15, 0.2) is 18.2 Å². The molecule has 1 N–H and O–H groups in total. The van der Waals surface area contributed by atoms with Crippen LogP contribution in [0.4, 0.5) is 0 Å². The van der Waals surface area contributed by atoms with Gasteiger partial charge in [0.25, 0.3) is 0 Å². The van der Waals surface area contributed by atoms with Crippen molar-refractivity contribution in [1.29, 1.82) is 0 Å². The maximum absolute atomic E-state index is 5.82. The zero-order chi connectivity index (χ0) is 19.5. The van der Waals surface area contributed by atoms with E-state index in [9.17, 15) is 0 Å². The minimum absolute atomic E-state index is 0. The van der Waals surface area contributed by atoms with Crippen LogP contribution in [-0.4, -0.2) is 52.5 Å². The van der Waals surface area contributed by atoms with Crippen LogP contribution in [0.3, 0.4) is 0 Å². The molecule has 1 saturated heterocycles. The van der Waals surface area contributed by atoms with Gasteiger partial charge in [0.05, 0.1) is 19.8 Å². The van der Waals surface area contributed by atoms with Crippen molar-refractivity contribution in [1.82, 2.24) is 25.0 Å². The second kappa shape index (κ2) is 9.78. The lowest BCUT2D eigenvalue weighted by Gasteiger charge is -2.32. The van der Waals surface area contributed by atoms with Crippen molar-refractivity contribution in [3.63, 3.8) is 0 Å². The molecular weight excluding hydrogens is 390 g/mol. The second-order valence-electron chi connectivity index (χ2n) is 8.01. The Labute approximate surface area is 179 Å². The minimum Gasteiger partial charge on any atom is -0.493 e. The summed E-state index contributed by atoms with van der Waals surface area (Å²) in [5.74, 6) is 4.41. The van der Waals surface area contributed by atoms with Crippen LogP contribution < -0.4 is 14.8 Å². The van der Waals surface area contributed by atoms with Crippen molar-refractivity contribution in [2.45, 2.75) is 58.3 Å². The van der Waals surface area contributed by atoms with Gasteiger partial charge in [0.2, 0.25) is 0 Å². The molecule has 1 aromatic carbocycles. The number of nitrogens with one attached hydrogen (secondary N) is 1. The number of likely N-dealkylation sites (tertiary alicyclic amines) is 1. The highest BCUT2D eigenvalue weighted by Gasteiger charge is 2.27. The molecule has 1 aromatic heterocycles. The fourth-order valence-corrected chi connectivity index (χ4v) is 4.19. The van der Waals surface area contributed by atoms with Gasteiger partial charge in [0, 0.05) is 25.6 Å². The summed E-state index contributed by atoms with van der Waals surface area (Å²) >= 11 is 0. The topological polar surface area (TPSA) is 64.4 Å². The number of nitrogens with zero attached hydrogens (tertiary/aromatic N) is 4. The highest BCUT2D eigenvalue weighted by atomic mass is 35.5. The predicted octanol–water partition coefficient (Wildman–Crippen LogP) is 2.98. The van der Waals surface area contributed by atoms with Crippen LogP contribution in [0.1, 0.15) is 49.8 Å². The monoisotopic (exact) mass is 421 g/mol. The van der Waals surface area contributed by atoms with Gasteiger partial charge in [-0.15, -0.1) is 22.6 Å². The third kappa shape index (κ3) is 5.02. The number of benzene rings is 1. The highest BCUT2D eigenvalue weighted by molar-refractivity contribution is 5.85. The number of halogens is 1. The first kappa shape index (κ1) is 21.9. The van der Waals surface area contributed by atoms with Gasteiger partial charge in [-0.2, -0.15) is 0 Å².